The predicted octanol–water partition coefficient (Wildman–Crippen LogP) is 3.61. The quantitative estimate of drug-likeness (QED) is 0.597. The van der Waals surface area contributed by atoms with Crippen molar-refractivity contribution in [1.82, 2.24) is 0 Å². The van der Waals surface area contributed by atoms with Gasteiger partial charge in [0.15, 0.2) is 0 Å². The van der Waals surface area contributed by atoms with E-state index < -0.39 is 0 Å². The molecule has 0 N–H and O–H groups in total. The molecule has 0 aliphatic rings. The van der Waals surface area contributed by atoms with Crippen molar-refractivity contribution in [2.45, 2.75) is 48.0 Å². The first-order valence-corrected chi connectivity index (χ1v) is 4.39. The Balaban J connectivity index is 0. The van der Waals surface area contributed by atoms with Gasteiger partial charge in [0.1, 0.15) is 0 Å². The van der Waals surface area contributed by atoms with Crippen LogP contribution in [0.2, 0.25) is 0 Å². The van der Waals surface area contributed by atoms with Gasteiger partial charge in [0.25, 0.3) is 0 Å². The van der Waals surface area contributed by atoms with E-state index in [-0.39, 0.29) is 5.41 Å². The highest BCUT2D eigenvalue weighted by molar-refractivity contribution is 4.91. The summed E-state index contributed by atoms with van der Waals surface area (Å²) in [7, 11) is 0. The minimum atomic E-state index is -0.131. The Hall–Kier alpha value is -0.510. The Bertz CT molecular complexity index is 117. The van der Waals surface area contributed by atoms with Crippen LogP contribution in [0, 0.1) is 22.7 Å². The average Bonchev–Trinajstić information content (AvgIpc) is 1.90. The van der Waals surface area contributed by atoms with Crippen LogP contribution in [0.4, 0.5) is 0 Å². The zero-order valence-corrected chi connectivity index (χ0v) is 8.73. The first-order valence-electron chi connectivity index (χ1n) is 4.39. The van der Waals surface area contributed by atoms with Crippen molar-refractivity contribution in [3.63, 3.8) is 0 Å². The number of rotatable bonds is 2. The summed E-state index contributed by atoms with van der Waals surface area (Å²) in [4.78, 5) is 0. The second-order valence-corrected chi connectivity index (χ2v) is 3.59. The van der Waals surface area contributed by atoms with Gasteiger partial charge in [0, 0.05) is 0 Å². The molecule has 0 aromatic heterocycles. The lowest BCUT2D eigenvalue weighted by molar-refractivity contribution is 0.377. The van der Waals surface area contributed by atoms with Crippen LogP contribution in [0.25, 0.3) is 0 Å². The standard InChI is InChI=1S/C8H15N.C2H6/c1-7(2)5-8(3,4)6-9;1-2/h7H,5H2,1-4H3;1-2H3. The van der Waals surface area contributed by atoms with E-state index in [0.29, 0.717) is 5.92 Å². The smallest absolute Gasteiger partial charge is 0.0684 e. The SMILES string of the molecule is CC.CC(C)CC(C)(C)C#N. The highest BCUT2D eigenvalue weighted by atomic mass is 14.3. The van der Waals surface area contributed by atoms with Crippen molar-refractivity contribution in [1.29, 1.82) is 5.26 Å². The number of hydrogen-bond donors (Lipinski definition) is 0. The number of nitrogens with zero attached hydrogens (tertiary/aromatic N) is 1. The van der Waals surface area contributed by atoms with E-state index in [1.807, 2.05) is 27.7 Å². The van der Waals surface area contributed by atoms with Crippen molar-refractivity contribution in [2.24, 2.45) is 11.3 Å². The minimum absolute atomic E-state index is 0.131. The van der Waals surface area contributed by atoms with Gasteiger partial charge in [0.2, 0.25) is 0 Å². The van der Waals surface area contributed by atoms with E-state index in [1.54, 1.807) is 0 Å². The molecule has 0 saturated heterocycles. The van der Waals surface area contributed by atoms with E-state index >= 15 is 0 Å². The molecule has 66 valence electrons. The third-order valence-corrected chi connectivity index (χ3v) is 1.22. The van der Waals surface area contributed by atoms with Gasteiger partial charge in [-0.3, -0.25) is 0 Å². The monoisotopic (exact) mass is 155 g/mol. The summed E-state index contributed by atoms with van der Waals surface area (Å²) in [6.45, 7) is 12.2. The molecule has 0 unspecified atom stereocenters. The topological polar surface area (TPSA) is 23.8 Å². The molecular formula is C10H21N. The van der Waals surface area contributed by atoms with Gasteiger partial charge < -0.3 is 0 Å². The molecule has 0 fully saturated rings. The van der Waals surface area contributed by atoms with Gasteiger partial charge in [-0.1, -0.05) is 27.7 Å². The van der Waals surface area contributed by atoms with Gasteiger partial charge in [-0.05, 0) is 26.2 Å². The molecule has 1 heteroatoms. The summed E-state index contributed by atoms with van der Waals surface area (Å²) in [6.07, 6.45) is 0.990. The highest BCUT2D eigenvalue weighted by Gasteiger charge is 2.17. The number of nitriles is 1. The summed E-state index contributed by atoms with van der Waals surface area (Å²) >= 11 is 0. The van der Waals surface area contributed by atoms with Crippen LogP contribution in [0.3, 0.4) is 0 Å². The van der Waals surface area contributed by atoms with Gasteiger partial charge in [0.05, 0.1) is 11.5 Å². The van der Waals surface area contributed by atoms with Crippen molar-refractivity contribution < 1.29 is 0 Å². The molecule has 0 aromatic rings. The summed E-state index contributed by atoms with van der Waals surface area (Å²) < 4.78 is 0. The Labute approximate surface area is 71.4 Å². The van der Waals surface area contributed by atoms with Crippen LogP contribution in [-0.2, 0) is 0 Å². The molecule has 0 atom stereocenters. The molecular weight excluding hydrogens is 134 g/mol. The van der Waals surface area contributed by atoms with Crippen molar-refractivity contribution in [2.75, 3.05) is 0 Å². The molecule has 0 saturated carbocycles. The van der Waals surface area contributed by atoms with Gasteiger partial charge in [-0.2, -0.15) is 5.26 Å². The summed E-state index contributed by atoms with van der Waals surface area (Å²) in [5.74, 6) is 0.625. The first-order chi connectivity index (χ1) is 4.98. The second kappa shape index (κ2) is 6.22. The van der Waals surface area contributed by atoms with Crippen molar-refractivity contribution in [3.8, 4) is 6.07 Å². The molecule has 0 rings (SSSR count). The van der Waals surface area contributed by atoms with Crippen molar-refractivity contribution >= 4 is 0 Å². The lowest BCUT2D eigenvalue weighted by Gasteiger charge is -2.16. The Morgan fingerprint density at radius 1 is 1.27 bits per heavy atom. The average molecular weight is 155 g/mol. The number of hydrogen-bond acceptors (Lipinski definition) is 1. The molecule has 0 aliphatic heterocycles. The van der Waals surface area contributed by atoms with Gasteiger partial charge in [-0.15, -0.1) is 0 Å². The predicted molar refractivity (Wildman–Crippen MR) is 50.2 cm³/mol. The van der Waals surface area contributed by atoms with E-state index in [2.05, 4.69) is 19.9 Å². The molecule has 0 radical (unpaired) electrons. The Morgan fingerprint density at radius 3 is 1.73 bits per heavy atom. The van der Waals surface area contributed by atoms with E-state index in [9.17, 15) is 0 Å². The molecule has 0 aromatic carbocycles. The fourth-order valence-corrected chi connectivity index (χ4v) is 1.07. The fraction of sp³-hybridized carbons (Fsp3) is 0.900. The fourth-order valence-electron chi connectivity index (χ4n) is 1.07. The Kier molecular flexibility index (Phi) is 7.41. The maximum absolute atomic E-state index is 8.59. The largest absolute Gasteiger partial charge is 0.198 e. The van der Waals surface area contributed by atoms with Crippen LogP contribution < -0.4 is 0 Å². The summed E-state index contributed by atoms with van der Waals surface area (Å²) in [6, 6.07) is 2.27. The molecule has 0 aliphatic carbocycles. The zero-order chi connectivity index (χ0) is 9.49. The highest BCUT2D eigenvalue weighted by Crippen LogP contribution is 2.23. The third-order valence-electron chi connectivity index (χ3n) is 1.22. The molecule has 0 amide bonds. The maximum Gasteiger partial charge on any atom is 0.0684 e. The molecule has 0 bridgehead atoms. The van der Waals surface area contributed by atoms with Gasteiger partial charge in [-0.25, -0.2) is 0 Å². The minimum Gasteiger partial charge on any atom is -0.198 e. The van der Waals surface area contributed by atoms with E-state index in [1.165, 1.54) is 0 Å². The lowest BCUT2D eigenvalue weighted by atomic mass is 9.86. The molecule has 0 heterocycles. The summed E-state index contributed by atoms with van der Waals surface area (Å²) in [5, 5.41) is 8.59. The van der Waals surface area contributed by atoms with Crippen LogP contribution in [0.15, 0.2) is 0 Å². The van der Waals surface area contributed by atoms with E-state index in [4.69, 9.17) is 5.26 Å². The normalized spacial score (nSPS) is 10.0. The zero-order valence-electron chi connectivity index (χ0n) is 8.73. The molecule has 11 heavy (non-hydrogen) atoms. The van der Waals surface area contributed by atoms with E-state index in [0.717, 1.165) is 6.42 Å². The lowest BCUT2D eigenvalue weighted by Crippen LogP contribution is -2.10. The van der Waals surface area contributed by atoms with Crippen molar-refractivity contribution in [3.05, 3.63) is 0 Å². The molecule has 1 nitrogen and oxygen atoms in total. The molecule has 0 spiro atoms. The third kappa shape index (κ3) is 9.49. The second-order valence-electron chi connectivity index (χ2n) is 3.59. The maximum atomic E-state index is 8.59. The van der Waals surface area contributed by atoms with Crippen LogP contribution in [0.1, 0.15) is 48.0 Å². The van der Waals surface area contributed by atoms with Crippen LogP contribution in [0.5, 0.6) is 0 Å². The summed E-state index contributed by atoms with van der Waals surface area (Å²) in [5.41, 5.74) is -0.131. The van der Waals surface area contributed by atoms with Crippen LogP contribution >= 0.6 is 0 Å². The van der Waals surface area contributed by atoms with Gasteiger partial charge >= 0.3 is 0 Å². The van der Waals surface area contributed by atoms with Crippen LogP contribution in [-0.4, -0.2) is 0 Å². The Morgan fingerprint density at radius 2 is 1.64 bits per heavy atom. The first kappa shape index (κ1) is 13.1.